The number of carbonyl (C=O) groups excluding carboxylic acids is 1. The zero-order chi connectivity index (χ0) is 23.1. The molecule has 0 heterocycles. The fourth-order valence-corrected chi connectivity index (χ4v) is 3.20. The summed E-state index contributed by atoms with van der Waals surface area (Å²) in [5.74, 6) is -1.10. The molecular formula is C24H17BrF2N2O3. The van der Waals surface area contributed by atoms with Gasteiger partial charge in [-0.2, -0.15) is 5.26 Å². The van der Waals surface area contributed by atoms with Crippen LogP contribution in [0.25, 0.3) is 6.08 Å². The predicted octanol–water partition coefficient (Wildman–Crippen LogP) is 5.86. The van der Waals surface area contributed by atoms with Gasteiger partial charge in [-0.05, 0) is 42.0 Å². The minimum atomic E-state index is -0.761. The molecule has 0 saturated heterocycles. The van der Waals surface area contributed by atoms with E-state index >= 15 is 0 Å². The number of nitriles is 1. The van der Waals surface area contributed by atoms with E-state index in [4.69, 9.17) is 9.47 Å². The highest BCUT2D eigenvalue weighted by Gasteiger charge is 2.15. The van der Waals surface area contributed by atoms with E-state index in [1.165, 1.54) is 37.5 Å². The number of carbonyl (C=O) groups is 1. The zero-order valence-electron chi connectivity index (χ0n) is 16.9. The molecule has 1 N–H and O–H groups in total. The van der Waals surface area contributed by atoms with Gasteiger partial charge in [-0.3, -0.25) is 4.79 Å². The molecule has 162 valence electrons. The van der Waals surface area contributed by atoms with Crippen LogP contribution in [0.4, 0.5) is 14.5 Å². The third kappa shape index (κ3) is 5.50. The number of halogens is 3. The summed E-state index contributed by atoms with van der Waals surface area (Å²) in [6.07, 6.45) is 1.34. The van der Waals surface area contributed by atoms with Crippen molar-refractivity contribution in [3.8, 4) is 17.6 Å². The van der Waals surface area contributed by atoms with Crippen LogP contribution in [0.15, 0.2) is 70.7 Å². The molecule has 0 aliphatic rings. The second kappa shape index (κ2) is 10.6. The predicted molar refractivity (Wildman–Crippen MR) is 120 cm³/mol. The summed E-state index contributed by atoms with van der Waals surface area (Å²) in [5, 5.41) is 11.8. The summed E-state index contributed by atoms with van der Waals surface area (Å²) in [6, 6.07) is 16.9. The molecule has 0 aromatic heterocycles. The van der Waals surface area contributed by atoms with Gasteiger partial charge in [0, 0.05) is 10.0 Å². The van der Waals surface area contributed by atoms with Crippen molar-refractivity contribution >= 4 is 33.6 Å². The number of nitrogens with one attached hydrogen (secondary N) is 1. The number of benzene rings is 3. The second-order valence-corrected chi connectivity index (χ2v) is 7.36. The second-order valence-electron chi connectivity index (χ2n) is 6.51. The van der Waals surface area contributed by atoms with E-state index in [1.807, 2.05) is 6.07 Å². The van der Waals surface area contributed by atoms with Gasteiger partial charge in [-0.1, -0.05) is 46.3 Å². The lowest BCUT2D eigenvalue weighted by Crippen LogP contribution is -2.14. The number of nitrogens with zero attached hydrogens (tertiary/aromatic N) is 1. The van der Waals surface area contributed by atoms with Crippen molar-refractivity contribution in [2.24, 2.45) is 0 Å². The van der Waals surface area contributed by atoms with Gasteiger partial charge in [0.05, 0.1) is 12.8 Å². The number of amides is 1. The van der Waals surface area contributed by atoms with Crippen molar-refractivity contribution in [3.63, 3.8) is 0 Å². The Hall–Kier alpha value is -3.70. The van der Waals surface area contributed by atoms with Gasteiger partial charge in [0.2, 0.25) is 0 Å². The van der Waals surface area contributed by atoms with Crippen LogP contribution in [-0.2, 0) is 11.4 Å². The van der Waals surface area contributed by atoms with Crippen LogP contribution in [0.2, 0.25) is 0 Å². The molecule has 0 aliphatic carbocycles. The van der Waals surface area contributed by atoms with E-state index in [-0.39, 0.29) is 23.7 Å². The van der Waals surface area contributed by atoms with Gasteiger partial charge in [-0.15, -0.1) is 0 Å². The van der Waals surface area contributed by atoms with E-state index in [2.05, 4.69) is 21.2 Å². The van der Waals surface area contributed by atoms with Crippen molar-refractivity contribution in [1.82, 2.24) is 0 Å². The maximum Gasteiger partial charge on any atom is 0.266 e. The van der Waals surface area contributed by atoms with Crippen LogP contribution in [0.3, 0.4) is 0 Å². The van der Waals surface area contributed by atoms with E-state index < -0.39 is 11.7 Å². The van der Waals surface area contributed by atoms with E-state index in [0.717, 1.165) is 0 Å². The monoisotopic (exact) mass is 498 g/mol. The summed E-state index contributed by atoms with van der Waals surface area (Å²) in [5.41, 5.74) is 0.565. The number of para-hydroxylation sites is 1. The Morgan fingerprint density at radius 3 is 2.44 bits per heavy atom. The van der Waals surface area contributed by atoms with Crippen molar-refractivity contribution in [2.75, 3.05) is 12.4 Å². The molecular weight excluding hydrogens is 482 g/mol. The summed E-state index contributed by atoms with van der Waals surface area (Å²) >= 11 is 3.38. The first-order valence-electron chi connectivity index (χ1n) is 9.34. The number of hydrogen-bond acceptors (Lipinski definition) is 4. The summed E-state index contributed by atoms with van der Waals surface area (Å²) in [7, 11) is 1.43. The van der Waals surface area contributed by atoms with Gasteiger partial charge in [0.1, 0.15) is 29.9 Å². The number of anilines is 1. The number of ether oxygens (including phenoxy) is 2. The molecule has 0 atom stereocenters. The van der Waals surface area contributed by atoms with Crippen LogP contribution in [0, 0.1) is 23.0 Å². The van der Waals surface area contributed by atoms with E-state index in [0.29, 0.717) is 27.1 Å². The lowest BCUT2D eigenvalue weighted by atomic mass is 10.1. The molecule has 5 nitrogen and oxygen atoms in total. The maximum atomic E-state index is 13.8. The van der Waals surface area contributed by atoms with Crippen molar-refractivity contribution in [2.45, 2.75) is 6.61 Å². The highest BCUT2D eigenvalue weighted by atomic mass is 79.9. The first kappa shape index (κ1) is 23.0. The number of methoxy groups -OCH3 is 1. The average Bonchev–Trinajstić information content (AvgIpc) is 2.79. The minimum Gasteiger partial charge on any atom is -0.493 e. The Balaban J connectivity index is 1.84. The molecule has 0 unspecified atom stereocenters. The topological polar surface area (TPSA) is 71.3 Å². The Morgan fingerprint density at radius 2 is 1.78 bits per heavy atom. The molecule has 0 saturated carbocycles. The van der Waals surface area contributed by atoms with Crippen LogP contribution >= 0.6 is 15.9 Å². The lowest BCUT2D eigenvalue weighted by molar-refractivity contribution is -0.112. The molecule has 0 radical (unpaired) electrons. The standard InChI is InChI=1S/C24H17BrF2N2O3/c1-31-22-11-16(10-17(13-28)24(30)29-21-9-5-4-8-20(21)27)18(25)12-23(22)32-14-15-6-2-3-7-19(15)26/h2-12H,14H2,1H3,(H,29,30)/b17-10-. The Morgan fingerprint density at radius 1 is 1.09 bits per heavy atom. The summed E-state index contributed by atoms with van der Waals surface area (Å²) < 4.78 is 39.2. The summed E-state index contributed by atoms with van der Waals surface area (Å²) in [4.78, 5) is 12.4. The highest BCUT2D eigenvalue weighted by molar-refractivity contribution is 9.10. The normalized spacial score (nSPS) is 10.9. The quantitative estimate of drug-likeness (QED) is 0.327. The fourth-order valence-electron chi connectivity index (χ4n) is 2.76. The number of hydrogen-bond donors (Lipinski definition) is 1. The number of rotatable bonds is 7. The van der Waals surface area contributed by atoms with Gasteiger partial charge < -0.3 is 14.8 Å². The molecule has 3 aromatic carbocycles. The van der Waals surface area contributed by atoms with E-state index in [1.54, 1.807) is 36.4 Å². The van der Waals surface area contributed by atoms with Crippen molar-refractivity contribution in [1.29, 1.82) is 5.26 Å². The SMILES string of the molecule is COc1cc(/C=C(/C#N)C(=O)Nc2ccccc2F)c(Br)cc1OCc1ccccc1F. The van der Waals surface area contributed by atoms with Crippen LogP contribution < -0.4 is 14.8 Å². The molecule has 0 spiro atoms. The Kier molecular flexibility index (Phi) is 7.58. The minimum absolute atomic E-state index is 0.0147. The van der Waals surface area contributed by atoms with Crippen LogP contribution in [0.5, 0.6) is 11.5 Å². The average molecular weight is 499 g/mol. The molecule has 0 bridgehead atoms. The molecule has 8 heteroatoms. The van der Waals surface area contributed by atoms with Gasteiger partial charge in [0.25, 0.3) is 5.91 Å². The molecule has 1 amide bonds. The Bertz CT molecular complexity index is 1220. The van der Waals surface area contributed by atoms with Crippen LogP contribution in [0.1, 0.15) is 11.1 Å². The summed E-state index contributed by atoms with van der Waals surface area (Å²) in [6.45, 7) is -0.0147. The Labute approximate surface area is 192 Å². The largest absolute Gasteiger partial charge is 0.493 e. The van der Waals surface area contributed by atoms with Gasteiger partial charge in [-0.25, -0.2) is 8.78 Å². The van der Waals surface area contributed by atoms with Crippen molar-refractivity contribution in [3.05, 3.63) is 93.5 Å². The molecule has 0 fully saturated rings. The molecule has 3 aromatic rings. The molecule has 32 heavy (non-hydrogen) atoms. The fraction of sp³-hybridized carbons (Fsp3) is 0.0833. The first-order valence-corrected chi connectivity index (χ1v) is 10.1. The van der Waals surface area contributed by atoms with Gasteiger partial charge in [0.15, 0.2) is 11.5 Å². The maximum absolute atomic E-state index is 13.8. The van der Waals surface area contributed by atoms with E-state index in [9.17, 15) is 18.8 Å². The van der Waals surface area contributed by atoms with Gasteiger partial charge >= 0.3 is 0 Å². The molecule has 3 rings (SSSR count). The van der Waals surface area contributed by atoms with Crippen LogP contribution in [-0.4, -0.2) is 13.0 Å². The molecule has 0 aliphatic heterocycles. The third-order valence-corrected chi connectivity index (χ3v) is 5.10. The third-order valence-electron chi connectivity index (χ3n) is 4.41. The zero-order valence-corrected chi connectivity index (χ0v) is 18.4. The van der Waals surface area contributed by atoms with Crippen molar-refractivity contribution < 1.29 is 23.0 Å². The highest BCUT2D eigenvalue weighted by Crippen LogP contribution is 2.35. The smallest absolute Gasteiger partial charge is 0.266 e. The lowest BCUT2D eigenvalue weighted by Gasteiger charge is -2.13. The first-order chi connectivity index (χ1) is 15.4.